The van der Waals surface area contributed by atoms with Crippen molar-refractivity contribution in [2.75, 3.05) is 18.8 Å². The lowest BCUT2D eigenvalue weighted by Crippen LogP contribution is -2.46. The molecule has 106 valence electrons. The lowest BCUT2D eigenvalue weighted by molar-refractivity contribution is 0.242. The molecule has 1 saturated carbocycles. The molecular weight excluding hydrogens is 248 g/mol. The first kappa shape index (κ1) is 14.3. The fourth-order valence-electron chi connectivity index (χ4n) is 3.24. The second-order valence-electron chi connectivity index (χ2n) is 6.05. The van der Waals surface area contributed by atoms with E-state index in [1.165, 1.54) is 12.8 Å². The fraction of sp³-hybridized carbons (Fsp3) is 1.00. The van der Waals surface area contributed by atoms with Crippen LogP contribution in [0, 0.1) is 11.8 Å². The van der Waals surface area contributed by atoms with Crippen LogP contribution in [0.4, 0.5) is 0 Å². The van der Waals surface area contributed by atoms with Crippen LogP contribution in [0.15, 0.2) is 0 Å². The van der Waals surface area contributed by atoms with E-state index in [1.54, 1.807) is 4.31 Å². The van der Waals surface area contributed by atoms with Crippen LogP contribution >= 0.6 is 0 Å². The first-order valence-electron chi connectivity index (χ1n) is 7.22. The van der Waals surface area contributed by atoms with Gasteiger partial charge in [0.05, 0.1) is 5.75 Å². The van der Waals surface area contributed by atoms with Crippen molar-refractivity contribution in [3.63, 3.8) is 0 Å². The number of hydrogen-bond acceptors (Lipinski definition) is 3. The summed E-state index contributed by atoms with van der Waals surface area (Å²) in [6.07, 6.45) is 6.59. The van der Waals surface area contributed by atoms with Crippen LogP contribution in [0.2, 0.25) is 0 Å². The summed E-state index contributed by atoms with van der Waals surface area (Å²) >= 11 is 0. The van der Waals surface area contributed by atoms with Crippen molar-refractivity contribution in [2.45, 2.75) is 51.5 Å². The second kappa shape index (κ2) is 5.88. The Bertz CT molecular complexity index is 361. The molecule has 0 bridgehead atoms. The summed E-state index contributed by atoms with van der Waals surface area (Å²) < 4.78 is 26.5. The topological polar surface area (TPSA) is 63.4 Å². The Morgan fingerprint density at radius 2 is 1.89 bits per heavy atom. The number of rotatable bonds is 4. The van der Waals surface area contributed by atoms with Crippen molar-refractivity contribution in [3.8, 4) is 0 Å². The molecule has 0 amide bonds. The van der Waals surface area contributed by atoms with Crippen molar-refractivity contribution in [2.24, 2.45) is 17.6 Å². The Labute approximate surface area is 111 Å². The van der Waals surface area contributed by atoms with Crippen molar-refractivity contribution < 1.29 is 8.42 Å². The third kappa shape index (κ3) is 3.45. The molecule has 2 fully saturated rings. The highest BCUT2D eigenvalue weighted by molar-refractivity contribution is 7.89. The zero-order valence-corrected chi connectivity index (χ0v) is 12.2. The van der Waals surface area contributed by atoms with Gasteiger partial charge in [-0.3, -0.25) is 0 Å². The van der Waals surface area contributed by atoms with Crippen LogP contribution < -0.4 is 5.73 Å². The minimum atomic E-state index is -3.06. The van der Waals surface area contributed by atoms with Gasteiger partial charge in [0, 0.05) is 19.1 Å². The Morgan fingerprint density at radius 1 is 1.22 bits per heavy atom. The summed E-state index contributed by atoms with van der Waals surface area (Å²) in [6.45, 7) is 3.31. The predicted molar refractivity (Wildman–Crippen MR) is 73.7 cm³/mol. The molecule has 0 radical (unpaired) electrons. The van der Waals surface area contributed by atoms with Gasteiger partial charge in [-0.2, -0.15) is 0 Å². The van der Waals surface area contributed by atoms with Crippen molar-refractivity contribution >= 4 is 10.0 Å². The third-order valence-corrected chi connectivity index (χ3v) is 6.49. The summed E-state index contributed by atoms with van der Waals surface area (Å²) in [5.41, 5.74) is 5.91. The van der Waals surface area contributed by atoms with Crippen LogP contribution in [0.1, 0.15) is 45.4 Å². The molecule has 1 aliphatic heterocycles. The quantitative estimate of drug-likeness (QED) is 0.846. The van der Waals surface area contributed by atoms with E-state index in [2.05, 4.69) is 0 Å². The third-order valence-electron chi connectivity index (χ3n) is 4.48. The summed E-state index contributed by atoms with van der Waals surface area (Å²) in [7, 11) is -3.06. The van der Waals surface area contributed by atoms with Gasteiger partial charge in [-0.15, -0.1) is 0 Å². The number of nitrogens with two attached hydrogens (primary N) is 1. The van der Waals surface area contributed by atoms with Gasteiger partial charge in [-0.1, -0.05) is 12.8 Å². The molecule has 5 heteroatoms. The van der Waals surface area contributed by atoms with Crippen LogP contribution in [0.25, 0.3) is 0 Å². The van der Waals surface area contributed by atoms with E-state index in [4.69, 9.17) is 5.73 Å². The van der Waals surface area contributed by atoms with Crippen molar-refractivity contribution in [1.29, 1.82) is 0 Å². The Kier molecular flexibility index (Phi) is 4.67. The van der Waals surface area contributed by atoms with Crippen LogP contribution in [-0.4, -0.2) is 37.6 Å². The van der Waals surface area contributed by atoms with E-state index >= 15 is 0 Å². The molecule has 2 rings (SSSR count). The number of piperidine rings is 1. The number of hydrogen-bond donors (Lipinski definition) is 1. The van der Waals surface area contributed by atoms with E-state index in [1.807, 2.05) is 6.92 Å². The molecule has 2 aliphatic rings. The molecule has 2 unspecified atom stereocenters. The second-order valence-corrected chi connectivity index (χ2v) is 8.06. The molecule has 2 N–H and O–H groups in total. The molecule has 0 aromatic heterocycles. The van der Waals surface area contributed by atoms with E-state index in [-0.39, 0.29) is 6.04 Å². The SMILES string of the molecule is CC(N)C1CCCN(S(=O)(=O)CC2CCCC2)C1. The van der Waals surface area contributed by atoms with Crippen LogP contribution in [0.3, 0.4) is 0 Å². The predicted octanol–water partition coefficient (Wildman–Crippen LogP) is 1.57. The highest BCUT2D eigenvalue weighted by atomic mass is 32.2. The van der Waals surface area contributed by atoms with Crippen LogP contribution in [0.5, 0.6) is 0 Å². The summed E-state index contributed by atoms with van der Waals surface area (Å²) in [4.78, 5) is 0. The maximum atomic E-state index is 12.4. The zero-order valence-electron chi connectivity index (χ0n) is 11.3. The largest absolute Gasteiger partial charge is 0.328 e. The minimum Gasteiger partial charge on any atom is -0.328 e. The Balaban J connectivity index is 1.95. The lowest BCUT2D eigenvalue weighted by atomic mass is 9.93. The van der Waals surface area contributed by atoms with E-state index in [0.717, 1.165) is 25.7 Å². The van der Waals surface area contributed by atoms with E-state index < -0.39 is 10.0 Å². The summed E-state index contributed by atoms with van der Waals surface area (Å²) in [6, 6.07) is 0.0921. The number of nitrogens with zero attached hydrogens (tertiary/aromatic N) is 1. The van der Waals surface area contributed by atoms with Gasteiger partial charge < -0.3 is 5.73 Å². The van der Waals surface area contributed by atoms with Gasteiger partial charge in [-0.05, 0) is 44.4 Å². The molecule has 0 aromatic rings. The molecule has 0 spiro atoms. The Morgan fingerprint density at radius 3 is 2.50 bits per heavy atom. The molecule has 4 nitrogen and oxygen atoms in total. The van der Waals surface area contributed by atoms with Gasteiger partial charge in [0.15, 0.2) is 0 Å². The molecule has 1 saturated heterocycles. The Hall–Kier alpha value is -0.130. The van der Waals surface area contributed by atoms with Gasteiger partial charge in [0.2, 0.25) is 10.0 Å². The molecule has 0 aromatic carbocycles. The van der Waals surface area contributed by atoms with E-state index in [9.17, 15) is 8.42 Å². The normalized spacial score (nSPS) is 29.6. The molecule has 2 atom stereocenters. The first-order chi connectivity index (χ1) is 8.49. The maximum absolute atomic E-state index is 12.4. The average molecular weight is 274 g/mol. The van der Waals surface area contributed by atoms with Gasteiger partial charge in [-0.25, -0.2) is 12.7 Å². The van der Waals surface area contributed by atoms with Crippen LogP contribution in [-0.2, 0) is 10.0 Å². The standard InChI is InChI=1S/C13H26N2O2S/c1-11(14)13-7-4-8-15(9-13)18(16,17)10-12-5-2-3-6-12/h11-13H,2-10,14H2,1H3. The summed E-state index contributed by atoms with van der Waals surface area (Å²) in [5, 5.41) is 0. The maximum Gasteiger partial charge on any atom is 0.214 e. The fourth-order valence-corrected chi connectivity index (χ4v) is 5.20. The summed E-state index contributed by atoms with van der Waals surface area (Å²) in [5.74, 6) is 1.08. The molecule has 18 heavy (non-hydrogen) atoms. The zero-order chi connectivity index (χ0) is 13.2. The molecular formula is C13H26N2O2S. The molecule has 1 aliphatic carbocycles. The monoisotopic (exact) mass is 274 g/mol. The van der Waals surface area contributed by atoms with E-state index in [0.29, 0.717) is 30.7 Å². The average Bonchev–Trinajstić information content (AvgIpc) is 2.81. The van der Waals surface area contributed by atoms with Gasteiger partial charge in [0.1, 0.15) is 0 Å². The lowest BCUT2D eigenvalue weighted by Gasteiger charge is -2.34. The number of sulfonamides is 1. The highest BCUT2D eigenvalue weighted by Gasteiger charge is 2.32. The highest BCUT2D eigenvalue weighted by Crippen LogP contribution is 2.28. The van der Waals surface area contributed by atoms with Gasteiger partial charge in [0.25, 0.3) is 0 Å². The van der Waals surface area contributed by atoms with Crippen molar-refractivity contribution in [1.82, 2.24) is 4.31 Å². The minimum absolute atomic E-state index is 0.0921. The van der Waals surface area contributed by atoms with Gasteiger partial charge >= 0.3 is 0 Å². The van der Waals surface area contributed by atoms with Crippen molar-refractivity contribution in [3.05, 3.63) is 0 Å². The molecule has 1 heterocycles. The smallest absolute Gasteiger partial charge is 0.214 e. The first-order valence-corrected chi connectivity index (χ1v) is 8.83.